The molecule has 1 aliphatic heterocycles. The number of amides is 2. The zero-order chi connectivity index (χ0) is 20.2. The molecule has 1 aliphatic rings. The lowest BCUT2D eigenvalue weighted by Gasteiger charge is -2.35. The van der Waals surface area contributed by atoms with E-state index < -0.39 is 0 Å². The van der Waals surface area contributed by atoms with Gasteiger partial charge < -0.3 is 14.5 Å². The minimum absolute atomic E-state index is 0.0302. The Morgan fingerprint density at radius 2 is 1.48 bits per heavy atom. The predicted octanol–water partition coefficient (Wildman–Crippen LogP) is 3.38. The standard InChI is InChI=1S/C24H24N2O3/c1-29-22-10-9-20-15-18(7-8-21(20)17-22)16-23(27)25-11-13-26(14-12-25)24(28)19-5-3-2-4-6-19/h2-10,15,17H,11-14,16H2,1H3. The van der Waals surface area contributed by atoms with Gasteiger partial charge >= 0.3 is 0 Å². The third-order valence-electron chi connectivity index (χ3n) is 5.41. The molecule has 5 nitrogen and oxygen atoms in total. The van der Waals surface area contributed by atoms with Crippen molar-refractivity contribution in [2.75, 3.05) is 33.3 Å². The first kappa shape index (κ1) is 19.0. The fourth-order valence-electron chi connectivity index (χ4n) is 3.72. The summed E-state index contributed by atoms with van der Waals surface area (Å²) in [6.45, 7) is 2.28. The quantitative estimate of drug-likeness (QED) is 0.689. The number of hydrogen-bond donors (Lipinski definition) is 0. The highest BCUT2D eigenvalue weighted by molar-refractivity contribution is 5.94. The zero-order valence-corrected chi connectivity index (χ0v) is 16.5. The van der Waals surface area contributed by atoms with Crippen LogP contribution in [0, 0.1) is 0 Å². The van der Waals surface area contributed by atoms with Crippen LogP contribution in [-0.2, 0) is 11.2 Å². The highest BCUT2D eigenvalue weighted by atomic mass is 16.5. The van der Waals surface area contributed by atoms with Gasteiger partial charge in [-0.2, -0.15) is 0 Å². The van der Waals surface area contributed by atoms with Crippen molar-refractivity contribution < 1.29 is 14.3 Å². The Morgan fingerprint density at radius 1 is 0.828 bits per heavy atom. The van der Waals surface area contributed by atoms with Crippen molar-refractivity contribution >= 4 is 22.6 Å². The highest BCUT2D eigenvalue weighted by Gasteiger charge is 2.24. The maximum Gasteiger partial charge on any atom is 0.253 e. The lowest BCUT2D eigenvalue weighted by molar-refractivity contribution is -0.131. The van der Waals surface area contributed by atoms with Gasteiger partial charge in [-0.15, -0.1) is 0 Å². The summed E-state index contributed by atoms with van der Waals surface area (Å²) >= 11 is 0. The van der Waals surface area contributed by atoms with E-state index in [1.807, 2.05) is 70.5 Å². The fraction of sp³-hybridized carbons (Fsp3) is 0.250. The summed E-state index contributed by atoms with van der Waals surface area (Å²) < 4.78 is 5.26. The second-order valence-electron chi connectivity index (χ2n) is 7.26. The normalized spacial score (nSPS) is 14.1. The summed E-state index contributed by atoms with van der Waals surface area (Å²) in [6, 6.07) is 21.3. The average molecular weight is 388 g/mol. The first-order valence-electron chi connectivity index (χ1n) is 9.83. The predicted molar refractivity (Wildman–Crippen MR) is 113 cm³/mol. The zero-order valence-electron chi connectivity index (χ0n) is 16.5. The molecule has 3 aromatic carbocycles. The van der Waals surface area contributed by atoms with E-state index in [2.05, 4.69) is 6.07 Å². The Kier molecular flexibility index (Phi) is 5.47. The molecule has 0 bridgehead atoms. The Morgan fingerprint density at radius 3 is 2.21 bits per heavy atom. The van der Waals surface area contributed by atoms with Crippen molar-refractivity contribution in [3.8, 4) is 5.75 Å². The van der Waals surface area contributed by atoms with E-state index in [1.165, 1.54) is 0 Å². The van der Waals surface area contributed by atoms with Crippen molar-refractivity contribution in [3.05, 3.63) is 77.9 Å². The van der Waals surface area contributed by atoms with Crippen LogP contribution in [0.5, 0.6) is 5.75 Å². The third-order valence-corrected chi connectivity index (χ3v) is 5.41. The van der Waals surface area contributed by atoms with Gasteiger partial charge in [0.1, 0.15) is 5.75 Å². The molecule has 0 saturated carbocycles. The van der Waals surface area contributed by atoms with Crippen molar-refractivity contribution in [3.63, 3.8) is 0 Å². The molecule has 5 heteroatoms. The molecule has 0 atom stereocenters. The summed E-state index contributed by atoms with van der Waals surface area (Å²) in [7, 11) is 1.65. The SMILES string of the molecule is COc1ccc2cc(CC(=O)N3CCN(C(=O)c4ccccc4)CC3)ccc2c1. The van der Waals surface area contributed by atoms with Crippen LogP contribution >= 0.6 is 0 Å². The number of carbonyl (C=O) groups is 2. The average Bonchev–Trinajstić information content (AvgIpc) is 2.79. The molecule has 2 amide bonds. The third kappa shape index (κ3) is 4.24. The van der Waals surface area contributed by atoms with Gasteiger partial charge in [0.05, 0.1) is 13.5 Å². The lowest BCUT2D eigenvalue weighted by Crippen LogP contribution is -2.51. The van der Waals surface area contributed by atoms with E-state index >= 15 is 0 Å². The lowest BCUT2D eigenvalue weighted by atomic mass is 10.0. The van der Waals surface area contributed by atoms with Crippen molar-refractivity contribution in [1.29, 1.82) is 0 Å². The van der Waals surface area contributed by atoms with Crippen LogP contribution in [0.3, 0.4) is 0 Å². The van der Waals surface area contributed by atoms with Crippen LogP contribution in [0.2, 0.25) is 0 Å². The van der Waals surface area contributed by atoms with Gasteiger partial charge in [0, 0.05) is 31.7 Å². The van der Waals surface area contributed by atoms with Gasteiger partial charge in [0.2, 0.25) is 5.91 Å². The Balaban J connectivity index is 1.36. The molecule has 4 rings (SSSR count). The molecule has 3 aromatic rings. The summed E-state index contributed by atoms with van der Waals surface area (Å²) in [5.41, 5.74) is 1.69. The molecule has 0 aliphatic carbocycles. The second kappa shape index (κ2) is 8.35. The maximum absolute atomic E-state index is 12.8. The van der Waals surface area contributed by atoms with Gasteiger partial charge in [0.25, 0.3) is 5.91 Å². The van der Waals surface area contributed by atoms with E-state index in [-0.39, 0.29) is 11.8 Å². The van der Waals surface area contributed by atoms with Gasteiger partial charge in [-0.05, 0) is 40.6 Å². The summed E-state index contributed by atoms with van der Waals surface area (Å²) in [4.78, 5) is 29.0. The molecule has 29 heavy (non-hydrogen) atoms. The van der Waals surface area contributed by atoms with Gasteiger partial charge in [-0.3, -0.25) is 9.59 Å². The fourth-order valence-corrected chi connectivity index (χ4v) is 3.72. The number of fused-ring (bicyclic) bond motifs is 1. The Bertz CT molecular complexity index is 1020. The summed E-state index contributed by atoms with van der Waals surface area (Å²) in [6.07, 6.45) is 0.370. The van der Waals surface area contributed by atoms with Crippen LogP contribution in [0.1, 0.15) is 15.9 Å². The van der Waals surface area contributed by atoms with Gasteiger partial charge in [0.15, 0.2) is 0 Å². The molecule has 0 unspecified atom stereocenters. The summed E-state index contributed by atoms with van der Waals surface area (Å²) in [5.74, 6) is 0.955. The van der Waals surface area contributed by atoms with Crippen molar-refractivity contribution in [2.24, 2.45) is 0 Å². The number of piperazine rings is 1. The number of methoxy groups -OCH3 is 1. The number of benzene rings is 3. The minimum atomic E-state index is 0.0302. The molecule has 0 aromatic heterocycles. The number of rotatable bonds is 4. The van der Waals surface area contributed by atoms with Crippen LogP contribution in [0.25, 0.3) is 10.8 Å². The largest absolute Gasteiger partial charge is 0.497 e. The second-order valence-corrected chi connectivity index (χ2v) is 7.26. The van der Waals surface area contributed by atoms with Crippen LogP contribution < -0.4 is 4.74 Å². The molecule has 0 N–H and O–H groups in total. The van der Waals surface area contributed by atoms with Crippen molar-refractivity contribution in [1.82, 2.24) is 9.80 Å². The Labute approximate surface area is 170 Å². The molecule has 1 fully saturated rings. The number of hydrogen-bond acceptors (Lipinski definition) is 3. The number of carbonyl (C=O) groups excluding carboxylic acids is 2. The van der Waals surface area contributed by atoms with E-state index in [1.54, 1.807) is 7.11 Å². The topological polar surface area (TPSA) is 49.9 Å². The van der Waals surface area contributed by atoms with E-state index in [0.717, 1.165) is 22.1 Å². The molecule has 0 spiro atoms. The summed E-state index contributed by atoms with van der Waals surface area (Å²) in [5, 5.41) is 2.18. The molecule has 148 valence electrons. The van der Waals surface area contributed by atoms with E-state index in [9.17, 15) is 9.59 Å². The Hall–Kier alpha value is -3.34. The smallest absolute Gasteiger partial charge is 0.253 e. The first-order valence-corrected chi connectivity index (χ1v) is 9.83. The minimum Gasteiger partial charge on any atom is -0.497 e. The van der Waals surface area contributed by atoms with Gasteiger partial charge in [-0.1, -0.05) is 42.5 Å². The van der Waals surface area contributed by atoms with Crippen LogP contribution in [0.4, 0.5) is 0 Å². The number of ether oxygens (including phenoxy) is 1. The number of nitrogens with zero attached hydrogens (tertiary/aromatic N) is 2. The highest BCUT2D eigenvalue weighted by Crippen LogP contribution is 2.22. The van der Waals surface area contributed by atoms with Crippen molar-refractivity contribution in [2.45, 2.75) is 6.42 Å². The van der Waals surface area contributed by atoms with Crippen LogP contribution in [0.15, 0.2) is 66.7 Å². The molecule has 1 heterocycles. The molecular weight excluding hydrogens is 364 g/mol. The van der Waals surface area contributed by atoms with E-state index in [4.69, 9.17) is 4.74 Å². The van der Waals surface area contributed by atoms with Gasteiger partial charge in [-0.25, -0.2) is 0 Å². The molecule has 1 saturated heterocycles. The monoisotopic (exact) mass is 388 g/mol. The van der Waals surface area contributed by atoms with Crippen LogP contribution in [-0.4, -0.2) is 54.9 Å². The molecular formula is C24H24N2O3. The molecule has 0 radical (unpaired) electrons. The maximum atomic E-state index is 12.8. The first-order chi connectivity index (χ1) is 14.1. The van der Waals surface area contributed by atoms with E-state index in [0.29, 0.717) is 38.2 Å².